The van der Waals surface area contributed by atoms with Crippen molar-refractivity contribution in [3.8, 4) is 0 Å². The summed E-state index contributed by atoms with van der Waals surface area (Å²) in [6.07, 6.45) is -1.38. The SMILES string of the molecule is CC(C)(C)[Si](C)(C)OC[C@H](O)[C@@H](CO)O[Si](C)(C)C(C)(C)C. The zero-order chi connectivity index (χ0) is 18.0. The Morgan fingerprint density at radius 1 is 0.864 bits per heavy atom. The Labute approximate surface area is 139 Å². The summed E-state index contributed by atoms with van der Waals surface area (Å²) in [5.74, 6) is 0. The van der Waals surface area contributed by atoms with Crippen LogP contribution in [0.3, 0.4) is 0 Å². The lowest BCUT2D eigenvalue weighted by molar-refractivity contribution is -0.0292. The van der Waals surface area contributed by atoms with Crippen LogP contribution in [0.25, 0.3) is 0 Å². The van der Waals surface area contributed by atoms with Crippen molar-refractivity contribution >= 4 is 16.6 Å². The second-order valence-electron chi connectivity index (χ2n) is 9.24. The third-order valence-corrected chi connectivity index (χ3v) is 14.3. The van der Waals surface area contributed by atoms with Crippen molar-refractivity contribution in [3.05, 3.63) is 0 Å². The standard InChI is InChI=1S/C16H38O4Si2/c1-15(2,3)21(7,8)19-12-13(18)14(11-17)20-22(9,10)16(4,5)6/h13-14,17-18H,11-12H2,1-10H3/t13-,14+/m0/s1. The van der Waals surface area contributed by atoms with E-state index in [0.29, 0.717) is 0 Å². The van der Waals surface area contributed by atoms with E-state index in [4.69, 9.17) is 8.85 Å². The molecule has 0 aromatic carbocycles. The van der Waals surface area contributed by atoms with E-state index in [1.54, 1.807) is 0 Å². The zero-order valence-corrected chi connectivity index (χ0v) is 18.3. The van der Waals surface area contributed by atoms with Crippen LogP contribution in [0, 0.1) is 0 Å². The summed E-state index contributed by atoms with van der Waals surface area (Å²) in [7, 11) is -3.93. The lowest BCUT2D eigenvalue weighted by atomic mass is 10.2. The molecule has 0 aliphatic rings. The molecule has 0 aromatic rings. The molecule has 0 heterocycles. The Bertz CT molecular complexity index is 343. The molecule has 0 radical (unpaired) electrons. The molecular weight excluding hydrogens is 312 g/mol. The van der Waals surface area contributed by atoms with Crippen LogP contribution in [0.15, 0.2) is 0 Å². The van der Waals surface area contributed by atoms with Gasteiger partial charge in [-0.3, -0.25) is 0 Å². The van der Waals surface area contributed by atoms with Gasteiger partial charge in [-0.15, -0.1) is 0 Å². The number of aliphatic hydroxyl groups excluding tert-OH is 2. The van der Waals surface area contributed by atoms with Crippen molar-refractivity contribution < 1.29 is 19.1 Å². The summed E-state index contributed by atoms with van der Waals surface area (Å²) in [6.45, 7) is 21.5. The molecule has 0 bridgehead atoms. The largest absolute Gasteiger partial charge is 0.414 e. The number of hydrogen-bond acceptors (Lipinski definition) is 4. The highest BCUT2D eigenvalue weighted by molar-refractivity contribution is 6.74. The highest BCUT2D eigenvalue weighted by Crippen LogP contribution is 2.38. The van der Waals surface area contributed by atoms with E-state index in [-0.39, 0.29) is 23.3 Å². The topological polar surface area (TPSA) is 58.9 Å². The molecule has 0 fully saturated rings. The molecular formula is C16H38O4Si2. The van der Waals surface area contributed by atoms with Gasteiger partial charge in [-0.25, -0.2) is 0 Å². The van der Waals surface area contributed by atoms with Gasteiger partial charge in [0.05, 0.1) is 19.3 Å². The van der Waals surface area contributed by atoms with Crippen molar-refractivity contribution in [2.75, 3.05) is 13.2 Å². The van der Waals surface area contributed by atoms with E-state index in [0.717, 1.165) is 0 Å². The second-order valence-corrected chi connectivity index (χ2v) is 18.8. The number of hydrogen-bond donors (Lipinski definition) is 2. The number of aliphatic hydroxyl groups is 2. The van der Waals surface area contributed by atoms with Gasteiger partial charge in [0.2, 0.25) is 0 Å². The second kappa shape index (κ2) is 7.44. The molecule has 0 saturated heterocycles. The van der Waals surface area contributed by atoms with Gasteiger partial charge in [0.15, 0.2) is 16.6 Å². The highest BCUT2D eigenvalue weighted by Gasteiger charge is 2.42. The van der Waals surface area contributed by atoms with Crippen molar-refractivity contribution in [2.24, 2.45) is 0 Å². The summed E-state index contributed by atoms with van der Waals surface area (Å²) in [6, 6.07) is 0. The molecule has 0 aliphatic carbocycles. The summed E-state index contributed by atoms with van der Waals surface area (Å²) >= 11 is 0. The van der Waals surface area contributed by atoms with Crippen LogP contribution in [-0.2, 0) is 8.85 Å². The van der Waals surface area contributed by atoms with Gasteiger partial charge in [-0.2, -0.15) is 0 Å². The maximum Gasteiger partial charge on any atom is 0.192 e. The molecule has 4 nitrogen and oxygen atoms in total. The smallest absolute Gasteiger partial charge is 0.192 e. The summed E-state index contributed by atoms with van der Waals surface area (Å²) in [4.78, 5) is 0. The van der Waals surface area contributed by atoms with Crippen LogP contribution in [0.4, 0.5) is 0 Å². The molecule has 0 spiro atoms. The average molecular weight is 351 g/mol. The van der Waals surface area contributed by atoms with Crippen molar-refractivity contribution in [3.63, 3.8) is 0 Å². The third kappa shape index (κ3) is 6.05. The molecule has 0 aromatic heterocycles. The van der Waals surface area contributed by atoms with Gasteiger partial charge in [0.1, 0.15) is 6.10 Å². The van der Waals surface area contributed by atoms with Gasteiger partial charge in [0.25, 0.3) is 0 Å². The monoisotopic (exact) mass is 350 g/mol. The van der Waals surface area contributed by atoms with E-state index in [2.05, 4.69) is 67.7 Å². The fourth-order valence-electron chi connectivity index (χ4n) is 1.41. The highest BCUT2D eigenvalue weighted by atomic mass is 28.4. The predicted molar refractivity (Wildman–Crippen MR) is 98.3 cm³/mol. The van der Waals surface area contributed by atoms with E-state index >= 15 is 0 Å². The summed E-state index contributed by atoms with van der Waals surface area (Å²) in [5, 5.41) is 20.2. The van der Waals surface area contributed by atoms with Crippen LogP contribution >= 0.6 is 0 Å². The van der Waals surface area contributed by atoms with Crippen LogP contribution in [0.5, 0.6) is 0 Å². The molecule has 2 atom stereocenters. The van der Waals surface area contributed by atoms with Gasteiger partial charge < -0.3 is 19.1 Å². The fourth-order valence-corrected chi connectivity index (χ4v) is 3.77. The van der Waals surface area contributed by atoms with Crippen LogP contribution in [0.1, 0.15) is 41.5 Å². The van der Waals surface area contributed by atoms with Crippen molar-refractivity contribution in [1.82, 2.24) is 0 Å². The minimum Gasteiger partial charge on any atom is -0.414 e. The van der Waals surface area contributed by atoms with E-state index in [9.17, 15) is 10.2 Å². The van der Waals surface area contributed by atoms with E-state index in [1.807, 2.05) is 0 Å². The van der Waals surface area contributed by atoms with Crippen molar-refractivity contribution in [1.29, 1.82) is 0 Å². The molecule has 0 rings (SSSR count). The van der Waals surface area contributed by atoms with Crippen LogP contribution in [0.2, 0.25) is 36.3 Å². The Balaban J connectivity index is 4.79. The van der Waals surface area contributed by atoms with Crippen LogP contribution in [-0.4, -0.2) is 52.3 Å². The molecule has 2 N–H and O–H groups in total. The third-order valence-electron chi connectivity index (χ3n) is 5.28. The minimum atomic E-state index is -2.03. The number of rotatable bonds is 7. The Morgan fingerprint density at radius 2 is 1.27 bits per heavy atom. The first-order valence-corrected chi connectivity index (χ1v) is 14.0. The first-order chi connectivity index (χ1) is 9.55. The molecule has 0 amide bonds. The molecule has 0 aliphatic heterocycles. The van der Waals surface area contributed by atoms with Gasteiger partial charge in [-0.05, 0) is 36.3 Å². The Morgan fingerprint density at radius 3 is 1.59 bits per heavy atom. The molecule has 22 heavy (non-hydrogen) atoms. The molecule has 0 unspecified atom stereocenters. The van der Waals surface area contributed by atoms with E-state index < -0.39 is 28.8 Å². The molecule has 0 saturated carbocycles. The lowest BCUT2D eigenvalue weighted by Crippen LogP contribution is -2.51. The quantitative estimate of drug-likeness (QED) is 0.687. The molecule has 6 heteroatoms. The normalized spacial score (nSPS) is 17.5. The Hall–Kier alpha value is 0.274. The molecule has 134 valence electrons. The first kappa shape index (κ1) is 22.3. The van der Waals surface area contributed by atoms with E-state index in [1.165, 1.54) is 0 Å². The minimum absolute atomic E-state index is 0.0421. The van der Waals surface area contributed by atoms with Gasteiger partial charge in [0, 0.05) is 0 Å². The predicted octanol–water partition coefficient (Wildman–Crippen LogP) is 3.75. The van der Waals surface area contributed by atoms with Crippen LogP contribution < -0.4 is 0 Å². The Kier molecular flexibility index (Phi) is 7.54. The average Bonchev–Trinajstić information content (AvgIpc) is 2.30. The fraction of sp³-hybridized carbons (Fsp3) is 1.00. The summed E-state index contributed by atoms with van der Waals surface area (Å²) in [5.41, 5.74) is 0. The first-order valence-electron chi connectivity index (χ1n) is 8.16. The maximum absolute atomic E-state index is 10.4. The maximum atomic E-state index is 10.4. The van der Waals surface area contributed by atoms with Crippen molar-refractivity contribution in [2.45, 2.75) is 90.0 Å². The van der Waals surface area contributed by atoms with Gasteiger partial charge in [-0.1, -0.05) is 41.5 Å². The lowest BCUT2D eigenvalue weighted by Gasteiger charge is -2.41. The zero-order valence-electron chi connectivity index (χ0n) is 16.3. The van der Waals surface area contributed by atoms with Gasteiger partial charge >= 0.3 is 0 Å². The summed E-state index contributed by atoms with van der Waals surface area (Å²) < 4.78 is 12.2.